The molecule has 1 atom stereocenters. The van der Waals surface area contributed by atoms with Crippen molar-refractivity contribution >= 4 is 17.5 Å². The molecule has 1 aliphatic carbocycles. The van der Waals surface area contributed by atoms with Crippen LogP contribution in [0.25, 0.3) is 0 Å². The lowest BCUT2D eigenvalue weighted by Gasteiger charge is -2.18. The Labute approximate surface area is 118 Å². The molecule has 0 spiro atoms. The van der Waals surface area contributed by atoms with Gasteiger partial charge < -0.3 is 10.6 Å². The molecule has 1 heterocycles. The number of halogens is 1. The molecular formula is C15H19ClN2O. The summed E-state index contributed by atoms with van der Waals surface area (Å²) in [4.78, 5) is 12.4. The number of amides is 1. The third kappa shape index (κ3) is 2.63. The van der Waals surface area contributed by atoms with E-state index in [4.69, 9.17) is 11.6 Å². The largest absolute Gasteiger partial charge is 0.354 e. The maximum absolute atomic E-state index is 12.4. The van der Waals surface area contributed by atoms with Crippen LogP contribution < -0.4 is 10.6 Å². The molecule has 2 aliphatic rings. The Hall–Kier alpha value is -1.06. The Kier molecular flexibility index (Phi) is 3.50. The second-order valence-electron chi connectivity index (χ2n) is 5.60. The van der Waals surface area contributed by atoms with Crippen LogP contribution in [0.4, 0.5) is 0 Å². The van der Waals surface area contributed by atoms with Gasteiger partial charge in [-0.2, -0.15) is 0 Å². The van der Waals surface area contributed by atoms with Crippen molar-refractivity contribution in [2.75, 3.05) is 13.1 Å². The van der Waals surface area contributed by atoms with Gasteiger partial charge in [-0.25, -0.2) is 0 Å². The van der Waals surface area contributed by atoms with Crippen LogP contribution in [-0.4, -0.2) is 25.0 Å². The van der Waals surface area contributed by atoms with E-state index in [1.807, 2.05) is 24.3 Å². The highest BCUT2D eigenvalue weighted by Gasteiger charge is 2.51. The average Bonchev–Trinajstić information content (AvgIpc) is 3.06. The van der Waals surface area contributed by atoms with E-state index >= 15 is 0 Å². The van der Waals surface area contributed by atoms with E-state index in [1.165, 1.54) is 6.42 Å². The van der Waals surface area contributed by atoms with Crippen molar-refractivity contribution in [2.24, 2.45) is 0 Å². The zero-order valence-corrected chi connectivity index (χ0v) is 11.7. The van der Waals surface area contributed by atoms with Crippen LogP contribution in [-0.2, 0) is 10.2 Å². The molecule has 4 heteroatoms. The Morgan fingerprint density at radius 2 is 2.32 bits per heavy atom. The van der Waals surface area contributed by atoms with Crippen molar-refractivity contribution in [3.8, 4) is 0 Å². The van der Waals surface area contributed by atoms with Gasteiger partial charge in [0.15, 0.2) is 0 Å². The standard InChI is InChI=1S/C15H19ClN2O/c16-12-4-1-3-11(9-12)15(6-7-15)14(19)18-10-13-5-2-8-17-13/h1,3-4,9,13,17H,2,5-8,10H2,(H,18,19). The summed E-state index contributed by atoms with van der Waals surface area (Å²) in [7, 11) is 0. The fourth-order valence-electron chi connectivity index (χ4n) is 2.87. The Morgan fingerprint density at radius 1 is 1.47 bits per heavy atom. The van der Waals surface area contributed by atoms with Gasteiger partial charge in [0.25, 0.3) is 0 Å². The fraction of sp³-hybridized carbons (Fsp3) is 0.533. The first-order chi connectivity index (χ1) is 9.21. The first kappa shape index (κ1) is 12.9. The molecule has 1 amide bonds. The quantitative estimate of drug-likeness (QED) is 0.887. The number of nitrogens with one attached hydrogen (secondary N) is 2. The Morgan fingerprint density at radius 3 is 2.95 bits per heavy atom. The third-order valence-corrected chi connectivity index (χ3v) is 4.47. The summed E-state index contributed by atoms with van der Waals surface area (Å²) in [5.41, 5.74) is 0.737. The van der Waals surface area contributed by atoms with Gasteiger partial charge in [0.05, 0.1) is 5.41 Å². The molecule has 1 aromatic carbocycles. The normalized spacial score (nSPS) is 24.2. The van der Waals surface area contributed by atoms with E-state index in [-0.39, 0.29) is 11.3 Å². The van der Waals surface area contributed by atoms with Crippen molar-refractivity contribution < 1.29 is 4.79 Å². The van der Waals surface area contributed by atoms with Crippen LogP contribution in [0.3, 0.4) is 0 Å². The van der Waals surface area contributed by atoms with Crippen LogP contribution in [0.1, 0.15) is 31.2 Å². The van der Waals surface area contributed by atoms with Crippen molar-refractivity contribution in [2.45, 2.75) is 37.1 Å². The SMILES string of the molecule is O=C(NCC1CCCN1)C1(c2cccc(Cl)c2)CC1. The maximum atomic E-state index is 12.4. The molecule has 2 N–H and O–H groups in total. The summed E-state index contributed by atoms with van der Waals surface area (Å²) in [5.74, 6) is 0.156. The van der Waals surface area contributed by atoms with E-state index in [0.29, 0.717) is 11.1 Å². The Balaban J connectivity index is 1.65. The highest BCUT2D eigenvalue weighted by Crippen LogP contribution is 2.48. The predicted octanol–water partition coefficient (Wildman–Crippen LogP) is 2.24. The number of rotatable bonds is 4. The van der Waals surface area contributed by atoms with Gasteiger partial charge >= 0.3 is 0 Å². The van der Waals surface area contributed by atoms with E-state index < -0.39 is 0 Å². The molecular weight excluding hydrogens is 260 g/mol. The minimum Gasteiger partial charge on any atom is -0.354 e. The first-order valence-corrected chi connectivity index (χ1v) is 7.36. The molecule has 0 aromatic heterocycles. The number of carbonyl (C=O) groups is 1. The summed E-state index contributed by atoms with van der Waals surface area (Å²) in [6.07, 6.45) is 4.22. The van der Waals surface area contributed by atoms with Crippen LogP contribution in [0, 0.1) is 0 Å². The van der Waals surface area contributed by atoms with Gasteiger partial charge in [-0.1, -0.05) is 23.7 Å². The van der Waals surface area contributed by atoms with Gasteiger partial charge in [0.2, 0.25) is 5.91 Å². The molecule has 0 bridgehead atoms. The third-order valence-electron chi connectivity index (χ3n) is 4.23. The molecule has 3 nitrogen and oxygen atoms in total. The molecule has 1 aromatic rings. The minimum atomic E-state index is -0.316. The zero-order chi connectivity index (χ0) is 13.3. The van der Waals surface area contributed by atoms with Crippen molar-refractivity contribution in [1.82, 2.24) is 10.6 Å². The van der Waals surface area contributed by atoms with Gasteiger partial charge in [0.1, 0.15) is 0 Å². The zero-order valence-electron chi connectivity index (χ0n) is 10.9. The van der Waals surface area contributed by atoms with Crippen LogP contribution in [0.2, 0.25) is 5.02 Å². The summed E-state index contributed by atoms with van der Waals surface area (Å²) in [6.45, 7) is 1.81. The summed E-state index contributed by atoms with van der Waals surface area (Å²) >= 11 is 6.02. The molecule has 1 aliphatic heterocycles. The monoisotopic (exact) mass is 278 g/mol. The lowest BCUT2D eigenvalue weighted by molar-refractivity contribution is -0.123. The molecule has 19 heavy (non-hydrogen) atoms. The predicted molar refractivity (Wildman–Crippen MR) is 76.4 cm³/mol. The second kappa shape index (κ2) is 5.14. The summed E-state index contributed by atoms with van der Waals surface area (Å²) in [6, 6.07) is 8.14. The number of hydrogen-bond donors (Lipinski definition) is 2. The van der Waals surface area contributed by atoms with Crippen LogP contribution in [0.5, 0.6) is 0 Å². The number of hydrogen-bond acceptors (Lipinski definition) is 2. The topological polar surface area (TPSA) is 41.1 Å². The van der Waals surface area contributed by atoms with E-state index in [1.54, 1.807) is 0 Å². The molecule has 3 rings (SSSR count). The highest BCUT2D eigenvalue weighted by atomic mass is 35.5. The van der Waals surface area contributed by atoms with Crippen molar-refractivity contribution in [3.63, 3.8) is 0 Å². The average molecular weight is 279 g/mol. The molecule has 1 saturated carbocycles. The van der Waals surface area contributed by atoms with Crippen molar-refractivity contribution in [3.05, 3.63) is 34.9 Å². The highest BCUT2D eigenvalue weighted by molar-refractivity contribution is 6.30. The van der Waals surface area contributed by atoms with Crippen molar-refractivity contribution in [1.29, 1.82) is 0 Å². The van der Waals surface area contributed by atoms with Gasteiger partial charge in [-0.15, -0.1) is 0 Å². The lowest BCUT2D eigenvalue weighted by atomic mass is 9.95. The summed E-state index contributed by atoms with van der Waals surface area (Å²) < 4.78 is 0. The van der Waals surface area contributed by atoms with E-state index in [0.717, 1.165) is 37.9 Å². The fourth-order valence-corrected chi connectivity index (χ4v) is 3.06. The number of carbonyl (C=O) groups excluding carboxylic acids is 1. The lowest BCUT2D eigenvalue weighted by Crippen LogP contribution is -2.42. The van der Waals surface area contributed by atoms with E-state index in [2.05, 4.69) is 10.6 Å². The van der Waals surface area contributed by atoms with Crippen LogP contribution >= 0.6 is 11.6 Å². The van der Waals surface area contributed by atoms with E-state index in [9.17, 15) is 4.79 Å². The smallest absolute Gasteiger partial charge is 0.230 e. The van der Waals surface area contributed by atoms with Gasteiger partial charge in [0, 0.05) is 17.6 Å². The number of benzene rings is 1. The molecule has 2 fully saturated rings. The summed E-state index contributed by atoms with van der Waals surface area (Å²) in [5, 5.41) is 7.20. The van der Waals surface area contributed by atoms with Gasteiger partial charge in [-0.05, 0) is 49.9 Å². The second-order valence-corrected chi connectivity index (χ2v) is 6.03. The molecule has 1 unspecified atom stereocenters. The Bertz CT molecular complexity index is 479. The maximum Gasteiger partial charge on any atom is 0.230 e. The molecule has 0 radical (unpaired) electrons. The minimum absolute atomic E-state index is 0.156. The molecule has 102 valence electrons. The van der Waals surface area contributed by atoms with Gasteiger partial charge in [-0.3, -0.25) is 4.79 Å². The molecule has 1 saturated heterocycles. The van der Waals surface area contributed by atoms with Crippen LogP contribution in [0.15, 0.2) is 24.3 Å². The first-order valence-electron chi connectivity index (χ1n) is 6.98.